The predicted molar refractivity (Wildman–Crippen MR) is 125 cm³/mol. The maximum atomic E-state index is 13.9. The van der Waals surface area contributed by atoms with E-state index in [9.17, 15) is 17.6 Å². The summed E-state index contributed by atoms with van der Waals surface area (Å²) in [6.45, 7) is 2.14. The van der Waals surface area contributed by atoms with Crippen LogP contribution in [-0.4, -0.2) is 32.4 Å². The van der Waals surface area contributed by atoms with E-state index in [1.54, 1.807) is 6.20 Å². The minimum absolute atomic E-state index is 0.131. The van der Waals surface area contributed by atoms with Gasteiger partial charge in [-0.3, -0.25) is 9.52 Å². The molecule has 9 heteroatoms. The van der Waals surface area contributed by atoms with Crippen molar-refractivity contribution >= 4 is 27.4 Å². The summed E-state index contributed by atoms with van der Waals surface area (Å²) in [5.74, 6) is -0.231. The molecule has 1 aliphatic heterocycles. The molecule has 1 amide bonds. The quantitative estimate of drug-likeness (QED) is 0.548. The number of pyridine rings is 1. The van der Waals surface area contributed by atoms with Gasteiger partial charge in [0.2, 0.25) is 0 Å². The molecule has 1 saturated heterocycles. The Labute approximate surface area is 192 Å². The minimum Gasteiger partial charge on any atom is -0.356 e. The molecule has 0 aliphatic carbocycles. The number of hydrogen-bond donors (Lipinski definition) is 2. The van der Waals surface area contributed by atoms with E-state index in [1.807, 2.05) is 12.1 Å². The topological polar surface area (TPSA) is 91.4 Å². The molecule has 1 aromatic heterocycles. The average molecular weight is 469 g/mol. The Bertz CT molecular complexity index is 1240. The molecule has 0 radical (unpaired) electrons. The van der Waals surface area contributed by atoms with Crippen LogP contribution < -0.4 is 14.9 Å². The predicted octanol–water partition coefficient (Wildman–Crippen LogP) is 3.94. The maximum absolute atomic E-state index is 13.9. The molecule has 4 rings (SSSR count). The van der Waals surface area contributed by atoms with Crippen LogP contribution in [0.5, 0.6) is 0 Å². The van der Waals surface area contributed by atoms with Gasteiger partial charge in [0.15, 0.2) is 0 Å². The Morgan fingerprint density at radius 3 is 2.58 bits per heavy atom. The molecule has 172 valence electrons. The van der Waals surface area contributed by atoms with Crippen molar-refractivity contribution < 1.29 is 17.6 Å². The first-order valence-corrected chi connectivity index (χ1v) is 12.3. The summed E-state index contributed by atoms with van der Waals surface area (Å²) in [5, 5.41) is 2.85. The Kier molecular flexibility index (Phi) is 6.88. The van der Waals surface area contributed by atoms with E-state index >= 15 is 0 Å². The first kappa shape index (κ1) is 22.7. The number of anilines is 2. The molecule has 3 aromatic rings. The van der Waals surface area contributed by atoms with Crippen LogP contribution in [0.25, 0.3) is 0 Å². The van der Waals surface area contributed by atoms with Crippen LogP contribution in [0, 0.1) is 5.82 Å². The molecular weight excluding hydrogens is 443 g/mol. The highest BCUT2D eigenvalue weighted by Gasteiger charge is 2.19. The molecule has 0 atom stereocenters. The van der Waals surface area contributed by atoms with Gasteiger partial charge in [-0.1, -0.05) is 24.3 Å². The van der Waals surface area contributed by atoms with Crippen molar-refractivity contribution in [3.05, 3.63) is 83.8 Å². The lowest BCUT2D eigenvalue weighted by Gasteiger charge is -2.29. The van der Waals surface area contributed by atoms with Gasteiger partial charge in [-0.2, -0.15) is 0 Å². The van der Waals surface area contributed by atoms with Gasteiger partial charge in [-0.15, -0.1) is 0 Å². The lowest BCUT2D eigenvalue weighted by Crippen LogP contribution is -2.32. The number of aromatic nitrogens is 1. The lowest BCUT2D eigenvalue weighted by atomic mass is 10.1. The molecule has 7 nitrogen and oxygen atoms in total. The molecular formula is C24H25FN4O3S. The minimum atomic E-state index is -4.07. The number of carbonyl (C=O) groups is 1. The number of sulfonamides is 1. The van der Waals surface area contributed by atoms with E-state index in [0.717, 1.165) is 43.4 Å². The van der Waals surface area contributed by atoms with Gasteiger partial charge in [-0.05, 0) is 55.7 Å². The second kappa shape index (κ2) is 9.99. The van der Waals surface area contributed by atoms with Crippen molar-refractivity contribution in [2.24, 2.45) is 0 Å². The highest BCUT2D eigenvalue weighted by Crippen LogP contribution is 2.22. The third-order valence-corrected chi connectivity index (χ3v) is 6.85. The summed E-state index contributed by atoms with van der Waals surface area (Å²) in [6, 6.07) is 14.9. The van der Waals surface area contributed by atoms with E-state index in [1.165, 1.54) is 48.9 Å². The fourth-order valence-electron chi connectivity index (χ4n) is 3.79. The molecule has 2 aromatic carbocycles. The number of carbonyl (C=O) groups excluding carboxylic acids is 1. The average Bonchev–Trinajstić information content (AvgIpc) is 2.85. The Morgan fingerprint density at radius 1 is 1.00 bits per heavy atom. The molecule has 0 bridgehead atoms. The fraction of sp³-hybridized carbons (Fsp3) is 0.250. The van der Waals surface area contributed by atoms with E-state index in [0.29, 0.717) is 0 Å². The zero-order valence-electron chi connectivity index (χ0n) is 18.0. The zero-order chi connectivity index (χ0) is 23.3. The van der Waals surface area contributed by atoms with E-state index in [-0.39, 0.29) is 22.7 Å². The largest absolute Gasteiger partial charge is 0.356 e. The fourth-order valence-corrected chi connectivity index (χ4v) is 4.90. The molecule has 1 aliphatic rings. The third-order valence-electron chi connectivity index (χ3n) is 5.49. The van der Waals surface area contributed by atoms with Crippen LogP contribution >= 0.6 is 0 Å². The summed E-state index contributed by atoms with van der Waals surface area (Å²) in [7, 11) is -4.07. The van der Waals surface area contributed by atoms with E-state index in [4.69, 9.17) is 0 Å². The van der Waals surface area contributed by atoms with E-state index in [2.05, 4.69) is 19.9 Å². The summed E-state index contributed by atoms with van der Waals surface area (Å²) in [6.07, 6.45) is 5.18. The first-order chi connectivity index (χ1) is 15.9. The van der Waals surface area contributed by atoms with E-state index < -0.39 is 21.7 Å². The van der Waals surface area contributed by atoms with Gasteiger partial charge in [0.1, 0.15) is 11.6 Å². The number of para-hydroxylation sites is 1. The van der Waals surface area contributed by atoms with Crippen molar-refractivity contribution in [3.63, 3.8) is 0 Å². The van der Waals surface area contributed by atoms with Crippen LogP contribution in [0.1, 0.15) is 35.2 Å². The summed E-state index contributed by atoms with van der Waals surface area (Å²) in [4.78, 5) is 19.4. The second-order valence-electron chi connectivity index (χ2n) is 7.83. The first-order valence-electron chi connectivity index (χ1n) is 10.8. The Morgan fingerprint density at radius 2 is 1.79 bits per heavy atom. The number of nitrogens with one attached hydrogen (secondary N) is 2. The SMILES string of the molecule is O=C(NCc1cccnc1N1CCCCC1)c1cccc(S(=O)(=O)Nc2ccccc2F)c1. The summed E-state index contributed by atoms with van der Waals surface area (Å²) >= 11 is 0. The van der Waals surface area contributed by atoms with Crippen molar-refractivity contribution in [1.82, 2.24) is 10.3 Å². The maximum Gasteiger partial charge on any atom is 0.262 e. The van der Waals surface area contributed by atoms with Crippen LogP contribution in [0.4, 0.5) is 15.9 Å². The van der Waals surface area contributed by atoms with Crippen LogP contribution in [0.15, 0.2) is 71.8 Å². The Balaban J connectivity index is 1.47. The standard InChI is InChI=1S/C24H25FN4O3S/c25-21-11-2-3-12-22(21)28-33(31,32)20-10-6-8-18(16-20)24(30)27-17-19-9-7-13-26-23(19)29-14-4-1-5-15-29/h2-3,6-13,16,28H,1,4-5,14-15,17H2,(H,27,30). The smallest absolute Gasteiger partial charge is 0.262 e. The summed E-state index contributed by atoms with van der Waals surface area (Å²) in [5.41, 5.74) is 0.932. The lowest BCUT2D eigenvalue weighted by molar-refractivity contribution is 0.0950. The van der Waals surface area contributed by atoms with Gasteiger partial charge in [0.25, 0.3) is 15.9 Å². The molecule has 2 N–H and O–H groups in total. The van der Waals surface area contributed by atoms with Crippen LogP contribution in [0.3, 0.4) is 0 Å². The van der Waals surface area contributed by atoms with Crippen molar-refractivity contribution in [2.45, 2.75) is 30.7 Å². The van der Waals surface area contributed by atoms with Gasteiger partial charge in [0, 0.05) is 37.0 Å². The number of benzene rings is 2. The zero-order valence-corrected chi connectivity index (χ0v) is 18.8. The van der Waals surface area contributed by atoms with Gasteiger partial charge in [0.05, 0.1) is 10.6 Å². The number of halogens is 1. The molecule has 33 heavy (non-hydrogen) atoms. The van der Waals surface area contributed by atoms with Crippen LogP contribution in [0.2, 0.25) is 0 Å². The van der Waals surface area contributed by atoms with Crippen LogP contribution in [-0.2, 0) is 16.6 Å². The highest BCUT2D eigenvalue weighted by molar-refractivity contribution is 7.92. The summed E-state index contributed by atoms with van der Waals surface area (Å²) < 4.78 is 41.5. The number of rotatable bonds is 7. The normalized spacial score (nSPS) is 14.0. The van der Waals surface area contributed by atoms with Gasteiger partial charge >= 0.3 is 0 Å². The Hall–Kier alpha value is -3.46. The van der Waals surface area contributed by atoms with Gasteiger partial charge < -0.3 is 10.2 Å². The molecule has 0 unspecified atom stereocenters. The van der Waals surface area contributed by atoms with Crippen molar-refractivity contribution in [3.8, 4) is 0 Å². The molecule has 2 heterocycles. The molecule has 1 fully saturated rings. The third kappa shape index (κ3) is 5.48. The van der Waals surface area contributed by atoms with Gasteiger partial charge in [-0.25, -0.2) is 17.8 Å². The highest BCUT2D eigenvalue weighted by atomic mass is 32.2. The number of hydrogen-bond acceptors (Lipinski definition) is 5. The second-order valence-corrected chi connectivity index (χ2v) is 9.51. The van der Waals surface area contributed by atoms with Crippen molar-refractivity contribution in [2.75, 3.05) is 22.7 Å². The number of nitrogens with zero attached hydrogens (tertiary/aromatic N) is 2. The monoisotopic (exact) mass is 468 g/mol. The number of amides is 1. The van der Waals surface area contributed by atoms with Crippen molar-refractivity contribution in [1.29, 1.82) is 0 Å². The number of piperidine rings is 1. The molecule has 0 saturated carbocycles. The molecule has 0 spiro atoms.